The van der Waals surface area contributed by atoms with E-state index in [-0.39, 0.29) is 0 Å². The minimum atomic E-state index is 0.424. The fraction of sp³-hybridized carbons (Fsp3) is 0.538. The molecule has 0 bridgehead atoms. The van der Waals surface area contributed by atoms with Gasteiger partial charge in [0.1, 0.15) is 10.8 Å². The van der Waals surface area contributed by atoms with E-state index in [0.717, 1.165) is 37.3 Å². The molecule has 1 fully saturated rings. The number of pyridine rings is 1. The minimum absolute atomic E-state index is 0.424. The average Bonchev–Trinajstić information content (AvgIpc) is 2.39. The Morgan fingerprint density at radius 1 is 1.44 bits per heavy atom. The molecule has 0 aliphatic carbocycles. The molecule has 1 aliphatic rings. The predicted octanol–water partition coefficient (Wildman–Crippen LogP) is 1.25. The summed E-state index contributed by atoms with van der Waals surface area (Å²) < 4.78 is 0. The monoisotopic (exact) mass is 264 g/mol. The third-order valence-electron chi connectivity index (χ3n) is 3.55. The molecule has 0 aromatic carbocycles. The molecule has 0 radical (unpaired) electrons. The zero-order valence-corrected chi connectivity index (χ0v) is 11.8. The quantitative estimate of drug-likeness (QED) is 0.832. The lowest BCUT2D eigenvalue weighted by molar-refractivity contribution is 0.249. The van der Waals surface area contributed by atoms with E-state index in [4.69, 9.17) is 18.0 Å². The lowest BCUT2D eigenvalue weighted by Crippen LogP contribution is -2.42. The van der Waals surface area contributed by atoms with Gasteiger partial charge in [0.2, 0.25) is 0 Å². The van der Waals surface area contributed by atoms with Crippen molar-refractivity contribution in [1.29, 1.82) is 0 Å². The van der Waals surface area contributed by atoms with Crippen LogP contribution in [0.25, 0.3) is 0 Å². The van der Waals surface area contributed by atoms with Crippen molar-refractivity contribution < 1.29 is 0 Å². The van der Waals surface area contributed by atoms with Crippen molar-refractivity contribution in [2.24, 2.45) is 5.73 Å². The molecule has 0 unspecified atom stereocenters. The van der Waals surface area contributed by atoms with Crippen molar-refractivity contribution in [2.75, 3.05) is 32.1 Å². The molecule has 1 saturated heterocycles. The van der Waals surface area contributed by atoms with Crippen LogP contribution in [0.4, 0.5) is 5.82 Å². The normalized spacial score (nSPS) is 17.2. The van der Waals surface area contributed by atoms with Crippen LogP contribution in [0.2, 0.25) is 0 Å². The lowest BCUT2D eigenvalue weighted by atomic mass is 10.0. The zero-order chi connectivity index (χ0) is 13.1. The highest BCUT2D eigenvalue weighted by Crippen LogP contribution is 2.23. The first-order chi connectivity index (χ1) is 8.59. The maximum Gasteiger partial charge on any atom is 0.138 e. The maximum absolute atomic E-state index is 5.75. The summed E-state index contributed by atoms with van der Waals surface area (Å²) >= 11 is 5.09. The van der Waals surface area contributed by atoms with Gasteiger partial charge in [-0.25, -0.2) is 4.98 Å². The molecular weight excluding hydrogens is 244 g/mol. The van der Waals surface area contributed by atoms with Crippen LogP contribution in [0.5, 0.6) is 0 Å². The number of thiocarbonyl (C=S) groups is 1. The average molecular weight is 264 g/mol. The van der Waals surface area contributed by atoms with Crippen molar-refractivity contribution in [3.8, 4) is 0 Å². The van der Waals surface area contributed by atoms with E-state index in [0.29, 0.717) is 11.0 Å². The lowest BCUT2D eigenvalue weighted by Gasteiger charge is -2.36. The number of nitrogens with two attached hydrogens (primary N) is 1. The van der Waals surface area contributed by atoms with E-state index in [9.17, 15) is 0 Å². The van der Waals surface area contributed by atoms with Crippen LogP contribution in [-0.2, 0) is 0 Å². The molecule has 1 aromatic rings. The first-order valence-electron chi connectivity index (χ1n) is 6.26. The van der Waals surface area contributed by atoms with Gasteiger partial charge in [-0.15, -0.1) is 0 Å². The summed E-state index contributed by atoms with van der Waals surface area (Å²) in [6, 6.07) is 4.49. The molecule has 98 valence electrons. The number of nitrogens with zero attached hydrogens (tertiary/aromatic N) is 3. The van der Waals surface area contributed by atoms with Crippen LogP contribution in [0, 0.1) is 0 Å². The number of anilines is 1. The van der Waals surface area contributed by atoms with Gasteiger partial charge in [0.15, 0.2) is 0 Å². The Morgan fingerprint density at radius 3 is 2.67 bits per heavy atom. The van der Waals surface area contributed by atoms with Crippen LogP contribution in [0.1, 0.15) is 18.4 Å². The van der Waals surface area contributed by atoms with Gasteiger partial charge in [-0.3, -0.25) is 0 Å². The highest BCUT2D eigenvalue weighted by atomic mass is 32.1. The number of aromatic nitrogens is 1. The van der Waals surface area contributed by atoms with E-state index in [1.165, 1.54) is 0 Å². The van der Waals surface area contributed by atoms with E-state index in [1.807, 2.05) is 12.1 Å². The summed E-state index contributed by atoms with van der Waals surface area (Å²) in [5, 5.41) is 0. The Kier molecular flexibility index (Phi) is 4.14. The topological polar surface area (TPSA) is 45.4 Å². The molecular formula is C13H20N4S. The van der Waals surface area contributed by atoms with Gasteiger partial charge in [0.25, 0.3) is 0 Å². The highest BCUT2D eigenvalue weighted by molar-refractivity contribution is 7.80. The molecule has 0 amide bonds. The molecule has 5 heteroatoms. The van der Waals surface area contributed by atoms with E-state index in [2.05, 4.69) is 28.9 Å². The van der Waals surface area contributed by atoms with Crippen LogP contribution in [0.15, 0.2) is 18.3 Å². The van der Waals surface area contributed by atoms with E-state index in [1.54, 1.807) is 6.20 Å². The Morgan fingerprint density at radius 2 is 2.11 bits per heavy atom. The van der Waals surface area contributed by atoms with Crippen LogP contribution in [0.3, 0.4) is 0 Å². The van der Waals surface area contributed by atoms with Crippen molar-refractivity contribution in [3.63, 3.8) is 0 Å². The van der Waals surface area contributed by atoms with Crippen molar-refractivity contribution in [2.45, 2.75) is 18.9 Å². The number of hydrogen-bond donors (Lipinski definition) is 1. The Bertz CT molecular complexity index is 425. The molecule has 1 aliphatic heterocycles. The number of piperidine rings is 1. The summed E-state index contributed by atoms with van der Waals surface area (Å²) in [4.78, 5) is 9.44. The van der Waals surface area contributed by atoms with Crippen LogP contribution < -0.4 is 10.6 Å². The second-order valence-electron chi connectivity index (χ2n) is 4.92. The van der Waals surface area contributed by atoms with Crippen molar-refractivity contribution in [1.82, 2.24) is 9.88 Å². The molecule has 0 spiro atoms. The Balaban J connectivity index is 2.12. The largest absolute Gasteiger partial charge is 0.389 e. The standard InChI is InChI=1S/C13H20N4S/c1-16(2)10-5-8-17(9-6-10)13-11(12(14)18)4-3-7-15-13/h3-4,7,10H,5-6,8-9H2,1-2H3,(H2,14,18). The molecule has 0 atom stereocenters. The van der Waals surface area contributed by atoms with Crippen molar-refractivity contribution in [3.05, 3.63) is 23.9 Å². The molecule has 0 saturated carbocycles. The molecule has 2 heterocycles. The van der Waals surface area contributed by atoms with Gasteiger partial charge in [-0.2, -0.15) is 0 Å². The Labute approximate surface area is 114 Å². The molecule has 2 rings (SSSR count). The number of hydrogen-bond acceptors (Lipinski definition) is 4. The van der Waals surface area contributed by atoms with Crippen LogP contribution in [-0.4, -0.2) is 48.1 Å². The SMILES string of the molecule is CN(C)C1CCN(c2ncccc2C(N)=S)CC1. The number of rotatable bonds is 3. The smallest absolute Gasteiger partial charge is 0.138 e. The van der Waals surface area contributed by atoms with E-state index < -0.39 is 0 Å². The maximum atomic E-state index is 5.75. The first kappa shape index (κ1) is 13.2. The third kappa shape index (κ3) is 2.79. The molecule has 2 N–H and O–H groups in total. The summed E-state index contributed by atoms with van der Waals surface area (Å²) in [6.45, 7) is 2.02. The second-order valence-corrected chi connectivity index (χ2v) is 5.36. The second kappa shape index (κ2) is 5.63. The third-order valence-corrected chi connectivity index (χ3v) is 3.77. The fourth-order valence-corrected chi connectivity index (χ4v) is 2.59. The van der Waals surface area contributed by atoms with Gasteiger partial charge in [0, 0.05) is 25.3 Å². The summed E-state index contributed by atoms with van der Waals surface area (Å²) in [6.07, 6.45) is 4.11. The van der Waals surface area contributed by atoms with E-state index >= 15 is 0 Å². The predicted molar refractivity (Wildman–Crippen MR) is 79.0 cm³/mol. The Hall–Kier alpha value is -1.20. The van der Waals surface area contributed by atoms with Gasteiger partial charge in [-0.1, -0.05) is 12.2 Å². The zero-order valence-electron chi connectivity index (χ0n) is 11.0. The minimum Gasteiger partial charge on any atom is -0.389 e. The van der Waals surface area contributed by atoms with Crippen molar-refractivity contribution >= 4 is 23.0 Å². The fourth-order valence-electron chi connectivity index (χ4n) is 2.44. The molecule has 1 aromatic heterocycles. The van der Waals surface area contributed by atoms with Gasteiger partial charge in [-0.05, 0) is 39.1 Å². The molecule has 18 heavy (non-hydrogen) atoms. The van der Waals surface area contributed by atoms with Gasteiger partial charge >= 0.3 is 0 Å². The summed E-state index contributed by atoms with van der Waals surface area (Å²) in [5.41, 5.74) is 6.64. The summed E-state index contributed by atoms with van der Waals surface area (Å²) in [5.74, 6) is 0.933. The van der Waals surface area contributed by atoms with Gasteiger partial charge < -0.3 is 15.5 Å². The first-order valence-corrected chi connectivity index (χ1v) is 6.66. The highest BCUT2D eigenvalue weighted by Gasteiger charge is 2.23. The van der Waals surface area contributed by atoms with Gasteiger partial charge in [0.05, 0.1) is 5.56 Å². The molecule has 4 nitrogen and oxygen atoms in total. The van der Waals surface area contributed by atoms with Crippen LogP contribution >= 0.6 is 12.2 Å². The summed E-state index contributed by atoms with van der Waals surface area (Å²) in [7, 11) is 4.28.